The first-order valence-corrected chi connectivity index (χ1v) is 9.41. The van der Waals surface area contributed by atoms with E-state index in [9.17, 15) is 9.59 Å². The highest BCUT2D eigenvalue weighted by atomic mass is 16.5. The zero-order chi connectivity index (χ0) is 18.4. The maximum atomic E-state index is 12.4. The number of ether oxygens (including phenoxy) is 1. The van der Waals surface area contributed by atoms with Crippen molar-refractivity contribution in [2.75, 3.05) is 36.9 Å². The van der Waals surface area contributed by atoms with Gasteiger partial charge in [-0.05, 0) is 49.9 Å². The summed E-state index contributed by atoms with van der Waals surface area (Å²) in [6, 6.07) is 7.07. The SMILES string of the molecule is NC1(C(=O)Nc2ccc(NC(=O)N3CCCCCC3)cc2)CCOCC1. The molecule has 1 aromatic rings. The van der Waals surface area contributed by atoms with Crippen molar-refractivity contribution in [2.24, 2.45) is 5.73 Å². The van der Waals surface area contributed by atoms with Gasteiger partial charge in [0.25, 0.3) is 0 Å². The third-order valence-corrected chi connectivity index (χ3v) is 5.12. The van der Waals surface area contributed by atoms with Crippen LogP contribution >= 0.6 is 0 Å². The van der Waals surface area contributed by atoms with Gasteiger partial charge >= 0.3 is 6.03 Å². The van der Waals surface area contributed by atoms with Crippen LogP contribution < -0.4 is 16.4 Å². The molecule has 2 saturated heterocycles. The fraction of sp³-hybridized carbons (Fsp3) is 0.579. The molecule has 4 N–H and O–H groups in total. The van der Waals surface area contributed by atoms with Crippen LogP contribution in [0.15, 0.2) is 24.3 Å². The van der Waals surface area contributed by atoms with E-state index in [0.717, 1.165) is 25.9 Å². The van der Waals surface area contributed by atoms with Gasteiger partial charge in [-0.1, -0.05) is 12.8 Å². The number of anilines is 2. The van der Waals surface area contributed by atoms with Crippen molar-refractivity contribution in [3.05, 3.63) is 24.3 Å². The normalized spacial score (nSPS) is 20.1. The molecule has 0 spiro atoms. The molecule has 0 radical (unpaired) electrons. The first-order chi connectivity index (χ1) is 12.6. The summed E-state index contributed by atoms with van der Waals surface area (Å²) in [4.78, 5) is 26.6. The van der Waals surface area contributed by atoms with Gasteiger partial charge < -0.3 is 26.0 Å². The van der Waals surface area contributed by atoms with Gasteiger partial charge in [0.2, 0.25) is 5.91 Å². The van der Waals surface area contributed by atoms with Gasteiger partial charge in [-0.15, -0.1) is 0 Å². The average molecular weight is 360 g/mol. The largest absolute Gasteiger partial charge is 0.381 e. The number of nitrogens with one attached hydrogen (secondary N) is 2. The van der Waals surface area contributed by atoms with Crippen molar-refractivity contribution in [1.29, 1.82) is 0 Å². The number of carbonyl (C=O) groups is 2. The molecular weight excluding hydrogens is 332 g/mol. The lowest BCUT2D eigenvalue weighted by Gasteiger charge is -2.31. The minimum Gasteiger partial charge on any atom is -0.381 e. The summed E-state index contributed by atoms with van der Waals surface area (Å²) in [5, 5.41) is 5.79. The zero-order valence-electron chi connectivity index (χ0n) is 15.1. The molecule has 0 aliphatic carbocycles. The molecule has 142 valence electrons. The van der Waals surface area contributed by atoms with E-state index in [-0.39, 0.29) is 11.9 Å². The number of hydrogen-bond acceptors (Lipinski definition) is 4. The number of amides is 3. The summed E-state index contributed by atoms with van der Waals surface area (Å²) in [7, 11) is 0. The first-order valence-electron chi connectivity index (χ1n) is 9.41. The van der Waals surface area contributed by atoms with E-state index < -0.39 is 5.54 Å². The molecule has 0 aromatic heterocycles. The van der Waals surface area contributed by atoms with Crippen LogP contribution in [-0.2, 0) is 9.53 Å². The Kier molecular flexibility index (Phi) is 6.11. The van der Waals surface area contributed by atoms with Crippen LogP contribution in [0, 0.1) is 0 Å². The van der Waals surface area contributed by atoms with E-state index >= 15 is 0 Å². The van der Waals surface area contributed by atoms with Crippen molar-refractivity contribution in [2.45, 2.75) is 44.1 Å². The summed E-state index contributed by atoms with van der Waals surface area (Å²) in [5.74, 6) is -0.192. The Morgan fingerprint density at radius 2 is 1.46 bits per heavy atom. The predicted molar refractivity (Wildman–Crippen MR) is 101 cm³/mol. The van der Waals surface area contributed by atoms with Crippen molar-refractivity contribution in [3.63, 3.8) is 0 Å². The summed E-state index contributed by atoms with van der Waals surface area (Å²) in [6.45, 7) is 2.63. The van der Waals surface area contributed by atoms with Gasteiger partial charge in [-0.2, -0.15) is 0 Å². The maximum absolute atomic E-state index is 12.4. The van der Waals surface area contributed by atoms with Crippen LogP contribution in [0.1, 0.15) is 38.5 Å². The van der Waals surface area contributed by atoms with Crippen LogP contribution in [0.3, 0.4) is 0 Å². The van der Waals surface area contributed by atoms with Crippen molar-refractivity contribution >= 4 is 23.3 Å². The van der Waals surface area contributed by atoms with E-state index in [2.05, 4.69) is 10.6 Å². The second-order valence-electron chi connectivity index (χ2n) is 7.13. The van der Waals surface area contributed by atoms with E-state index in [1.54, 1.807) is 24.3 Å². The Bertz CT molecular complexity index is 618. The predicted octanol–water partition coefficient (Wildman–Crippen LogP) is 2.54. The fourth-order valence-corrected chi connectivity index (χ4v) is 3.33. The van der Waals surface area contributed by atoms with E-state index in [4.69, 9.17) is 10.5 Å². The molecule has 0 bridgehead atoms. The minimum atomic E-state index is -0.877. The Morgan fingerprint density at radius 3 is 2.04 bits per heavy atom. The molecule has 1 aromatic carbocycles. The molecule has 0 saturated carbocycles. The lowest BCUT2D eigenvalue weighted by atomic mass is 9.90. The third-order valence-electron chi connectivity index (χ3n) is 5.12. The smallest absolute Gasteiger partial charge is 0.321 e. The standard InChI is InChI=1S/C19H28N4O3/c20-19(9-13-26-14-10-19)17(24)21-15-5-7-16(8-6-15)22-18(25)23-11-3-1-2-4-12-23/h5-8H,1-4,9-14,20H2,(H,21,24)(H,22,25). The second-order valence-corrected chi connectivity index (χ2v) is 7.13. The average Bonchev–Trinajstić information content (AvgIpc) is 2.93. The van der Waals surface area contributed by atoms with Crippen LogP contribution in [0.2, 0.25) is 0 Å². The molecule has 7 nitrogen and oxygen atoms in total. The first kappa shape index (κ1) is 18.7. The lowest BCUT2D eigenvalue weighted by molar-refractivity contribution is -0.124. The Morgan fingerprint density at radius 1 is 0.923 bits per heavy atom. The maximum Gasteiger partial charge on any atom is 0.321 e. The minimum absolute atomic E-state index is 0.0631. The summed E-state index contributed by atoms with van der Waals surface area (Å²) < 4.78 is 5.27. The molecule has 0 unspecified atom stereocenters. The van der Waals surface area contributed by atoms with Gasteiger partial charge in [0.15, 0.2) is 0 Å². The molecule has 26 heavy (non-hydrogen) atoms. The van der Waals surface area contributed by atoms with Gasteiger partial charge in [0.05, 0.1) is 0 Å². The Hall–Kier alpha value is -2.12. The van der Waals surface area contributed by atoms with E-state index in [0.29, 0.717) is 37.4 Å². The number of nitrogens with zero attached hydrogens (tertiary/aromatic N) is 1. The number of likely N-dealkylation sites (tertiary alicyclic amines) is 1. The highest BCUT2D eigenvalue weighted by molar-refractivity contribution is 5.98. The monoisotopic (exact) mass is 360 g/mol. The highest BCUT2D eigenvalue weighted by Crippen LogP contribution is 2.21. The molecule has 3 rings (SSSR count). The molecule has 3 amide bonds. The summed E-state index contributed by atoms with van der Waals surface area (Å²) in [6.07, 6.45) is 5.53. The third kappa shape index (κ3) is 4.74. The lowest BCUT2D eigenvalue weighted by Crippen LogP contribution is -2.54. The summed E-state index contributed by atoms with van der Waals surface area (Å²) >= 11 is 0. The van der Waals surface area contributed by atoms with E-state index in [1.165, 1.54) is 12.8 Å². The highest BCUT2D eigenvalue weighted by Gasteiger charge is 2.35. The number of benzene rings is 1. The van der Waals surface area contributed by atoms with Gasteiger partial charge in [-0.3, -0.25) is 4.79 Å². The number of rotatable bonds is 3. The fourth-order valence-electron chi connectivity index (χ4n) is 3.33. The van der Waals surface area contributed by atoms with Gasteiger partial charge in [0, 0.05) is 37.7 Å². The number of carbonyl (C=O) groups excluding carboxylic acids is 2. The number of nitrogens with two attached hydrogens (primary N) is 1. The quantitative estimate of drug-likeness (QED) is 0.772. The number of urea groups is 1. The van der Waals surface area contributed by atoms with Crippen molar-refractivity contribution in [1.82, 2.24) is 4.90 Å². The van der Waals surface area contributed by atoms with Gasteiger partial charge in [0.1, 0.15) is 5.54 Å². The van der Waals surface area contributed by atoms with Crippen molar-refractivity contribution < 1.29 is 14.3 Å². The molecule has 2 heterocycles. The van der Waals surface area contributed by atoms with Crippen LogP contribution in [0.5, 0.6) is 0 Å². The Balaban J connectivity index is 1.54. The van der Waals surface area contributed by atoms with Gasteiger partial charge in [-0.25, -0.2) is 4.79 Å². The van der Waals surface area contributed by atoms with Crippen LogP contribution in [-0.4, -0.2) is 48.7 Å². The molecule has 0 atom stereocenters. The molecule has 2 aliphatic rings. The van der Waals surface area contributed by atoms with Crippen LogP contribution in [0.4, 0.5) is 16.2 Å². The Labute approximate surface area is 154 Å². The topological polar surface area (TPSA) is 96.7 Å². The molecule has 2 aliphatic heterocycles. The zero-order valence-corrected chi connectivity index (χ0v) is 15.1. The second kappa shape index (κ2) is 8.51. The van der Waals surface area contributed by atoms with Crippen molar-refractivity contribution in [3.8, 4) is 0 Å². The molecule has 2 fully saturated rings. The summed E-state index contributed by atoms with van der Waals surface area (Å²) in [5.41, 5.74) is 6.69. The number of hydrogen-bond donors (Lipinski definition) is 3. The van der Waals surface area contributed by atoms with Crippen LogP contribution in [0.25, 0.3) is 0 Å². The van der Waals surface area contributed by atoms with E-state index in [1.807, 2.05) is 4.90 Å². The molecule has 7 heteroatoms. The molecular formula is C19H28N4O3.